The van der Waals surface area contributed by atoms with Crippen molar-refractivity contribution in [1.29, 1.82) is 0 Å². The Labute approximate surface area is 223 Å². The molecule has 0 bridgehead atoms. The highest BCUT2D eigenvalue weighted by Crippen LogP contribution is 2.33. The van der Waals surface area contributed by atoms with Gasteiger partial charge in [-0.15, -0.1) is 0 Å². The van der Waals surface area contributed by atoms with Gasteiger partial charge in [0, 0.05) is 30.8 Å². The minimum atomic E-state index is -0.924. The van der Waals surface area contributed by atoms with Crippen LogP contribution in [0.5, 0.6) is 5.75 Å². The second kappa shape index (κ2) is 12.9. The molecular weight excluding hydrogens is 480 g/mol. The highest BCUT2D eigenvalue weighted by Gasteiger charge is 2.34. The van der Waals surface area contributed by atoms with Crippen LogP contribution < -0.4 is 15.5 Å². The number of anilines is 2. The smallest absolute Gasteiger partial charge is 0.248 e. The quantitative estimate of drug-likeness (QED) is 0.351. The molecule has 0 unspecified atom stereocenters. The van der Waals surface area contributed by atoms with E-state index < -0.39 is 6.04 Å². The Kier molecular flexibility index (Phi) is 9.08. The van der Waals surface area contributed by atoms with E-state index in [0.717, 1.165) is 31.2 Å². The van der Waals surface area contributed by atoms with Gasteiger partial charge in [0.05, 0.1) is 0 Å². The number of nitrogens with one attached hydrogen (secondary N) is 2. The number of amides is 3. The van der Waals surface area contributed by atoms with Gasteiger partial charge < -0.3 is 15.7 Å². The Bertz CT molecular complexity index is 1240. The van der Waals surface area contributed by atoms with Gasteiger partial charge in [0.1, 0.15) is 17.6 Å². The van der Waals surface area contributed by atoms with E-state index in [1.54, 1.807) is 41.4 Å². The van der Waals surface area contributed by atoms with Crippen LogP contribution in [0.1, 0.15) is 62.1 Å². The zero-order valence-corrected chi connectivity index (χ0v) is 21.6. The lowest BCUT2D eigenvalue weighted by atomic mass is 10.00. The van der Waals surface area contributed by atoms with Crippen molar-refractivity contribution in [3.8, 4) is 5.75 Å². The van der Waals surface area contributed by atoms with Crippen LogP contribution in [0.3, 0.4) is 0 Å². The van der Waals surface area contributed by atoms with E-state index in [9.17, 15) is 19.5 Å². The minimum Gasteiger partial charge on any atom is -0.508 e. The molecule has 1 saturated carbocycles. The monoisotopic (exact) mass is 514 g/mol. The van der Waals surface area contributed by atoms with Gasteiger partial charge in [-0.1, -0.05) is 49.2 Å². The maximum Gasteiger partial charge on any atom is 0.248 e. The summed E-state index contributed by atoms with van der Waals surface area (Å²) in [5, 5.41) is 15.8. The van der Waals surface area contributed by atoms with Crippen LogP contribution in [-0.4, -0.2) is 33.9 Å². The summed E-state index contributed by atoms with van der Waals surface area (Å²) in [5.41, 5.74) is 2.09. The molecule has 1 aliphatic rings. The first kappa shape index (κ1) is 26.9. The molecule has 3 N–H and O–H groups in total. The molecule has 2 aromatic carbocycles. The van der Waals surface area contributed by atoms with E-state index in [1.165, 1.54) is 12.1 Å². The number of carbonyl (C=O) groups excluding carboxylic acids is 3. The molecule has 0 radical (unpaired) electrons. The van der Waals surface area contributed by atoms with Gasteiger partial charge in [-0.05, 0) is 67.6 Å². The molecule has 0 saturated heterocycles. The molecule has 198 valence electrons. The number of hydrogen-bond acceptors (Lipinski definition) is 5. The van der Waals surface area contributed by atoms with E-state index >= 15 is 0 Å². The van der Waals surface area contributed by atoms with Crippen molar-refractivity contribution in [2.45, 2.75) is 64.0 Å². The Hall–Kier alpha value is -4.20. The number of benzene rings is 2. The zero-order chi connectivity index (χ0) is 26.9. The third-order valence-electron chi connectivity index (χ3n) is 6.79. The van der Waals surface area contributed by atoms with Crippen molar-refractivity contribution < 1.29 is 19.5 Å². The number of carbonyl (C=O) groups is 3. The van der Waals surface area contributed by atoms with Crippen LogP contribution in [-0.2, 0) is 14.4 Å². The van der Waals surface area contributed by atoms with Gasteiger partial charge in [-0.2, -0.15) is 0 Å². The van der Waals surface area contributed by atoms with Gasteiger partial charge >= 0.3 is 0 Å². The number of aromatic nitrogens is 1. The van der Waals surface area contributed by atoms with Crippen LogP contribution >= 0.6 is 0 Å². The molecule has 8 nitrogen and oxygen atoms in total. The Morgan fingerprint density at radius 2 is 1.68 bits per heavy atom. The Morgan fingerprint density at radius 1 is 0.974 bits per heavy atom. The van der Waals surface area contributed by atoms with Crippen LogP contribution in [0.15, 0.2) is 72.9 Å². The molecule has 1 fully saturated rings. The SMILES string of the molecule is Cc1ccccc1N(C(=O)CCCC(=O)Nc1ccccn1)[C@H](C(=O)NC1CCCC1)c1ccc(O)cc1. The van der Waals surface area contributed by atoms with E-state index in [1.807, 2.05) is 31.2 Å². The molecular formula is C30H34N4O4. The average molecular weight is 515 g/mol. The summed E-state index contributed by atoms with van der Waals surface area (Å²) in [6.07, 6.45) is 6.09. The number of para-hydroxylation sites is 1. The lowest BCUT2D eigenvalue weighted by Gasteiger charge is -2.33. The minimum absolute atomic E-state index is 0.0752. The van der Waals surface area contributed by atoms with Crippen LogP contribution in [0, 0.1) is 6.92 Å². The van der Waals surface area contributed by atoms with E-state index in [2.05, 4.69) is 15.6 Å². The lowest BCUT2D eigenvalue weighted by Crippen LogP contribution is -2.46. The normalized spacial score (nSPS) is 14.0. The third-order valence-corrected chi connectivity index (χ3v) is 6.79. The molecule has 1 atom stereocenters. The van der Waals surface area contributed by atoms with Gasteiger partial charge in [0.2, 0.25) is 17.7 Å². The highest BCUT2D eigenvalue weighted by molar-refractivity contribution is 6.02. The fourth-order valence-electron chi connectivity index (χ4n) is 4.84. The molecule has 4 rings (SSSR count). The molecule has 3 amide bonds. The van der Waals surface area contributed by atoms with Gasteiger partial charge in [-0.3, -0.25) is 19.3 Å². The second-order valence-corrected chi connectivity index (χ2v) is 9.65. The standard InChI is InChI=1S/C30H34N4O4/c1-21-9-2-5-12-25(21)34(28(37)15-8-14-27(36)33-26-13-6-7-20-31-26)29(22-16-18-24(35)19-17-22)30(38)32-23-10-3-4-11-23/h2,5-7,9,12-13,16-20,23,29,35H,3-4,8,10-11,14-15H2,1H3,(H,32,38)(H,31,33,36)/t29-/m0/s1. The van der Waals surface area contributed by atoms with E-state index in [-0.39, 0.29) is 42.4 Å². The van der Waals surface area contributed by atoms with Gasteiger partial charge in [0.15, 0.2) is 0 Å². The molecule has 1 heterocycles. The number of aromatic hydroxyl groups is 1. The lowest BCUT2D eigenvalue weighted by molar-refractivity contribution is -0.127. The summed E-state index contributed by atoms with van der Waals surface area (Å²) in [5.74, 6) is -0.206. The first-order valence-corrected chi connectivity index (χ1v) is 13.1. The largest absolute Gasteiger partial charge is 0.508 e. The van der Waals surface area contributed by atoms with Crippen molar-refractivity contribution >= 4 is 29.2 Å². The predicted molar refractivity (Wildman–Crippen MR) is 147 cm³/mol. The number of rotatable bonds is 10. The number of phenolic OH excluding ortho intramolecular Hbond substituents is 1. The van der Waals surface area contributed by atoms with Crippen molar-refractivity contribution in [2.24, 2.45) is 0 Å². The number of pyridine rings is 1. The Balaban J connectivity index is 1.58. The van der Waals surface area contributed by atoms with Crippen molar-refractivity contribution in [2.75, 3.05) is 10.2 Å². The number of hydrogen-bond donors (Lipinski definition) is 3. The fraction of sp³-hybridized carbons (Fsp3) is 0.333. The third kappa shape index (κ3) is 6.97. The van der Waals surface area contributed by atoms with E-state index in [0.29, 0.717) is 23.5 Å². The second-order valence-electron chi connectivity index (χ2n) is 9.65. The first-order chi connectivity index (χ1) is 18.4. The molecule has 1 aromatic heterocycles. The van der Waals surface area contributed by atoms with Crippen LogP contribution in [0.2, 0.25) is 0 Å². The summed E-state index contributed by atoms with van der Waals surface area (Å²) in [4.78, 5) is 45.6. The topological polar surface area (TPSA) is 112 Å². The molecule has 0 spiro atoms. The summed E-state index contributed by atoms with van der Waals surface area (Å²) < 4.78 is 0. The van der Waals surface area contributed by atoms with Gasteiger partial charge in [-0.25, -0.2) is 4.98 Å². The summed E-state index contributed by atoms with van der Waals surface area (Å²) in [6.45, 7) is 1.90. The Morgan fingerprint density at radius 3 is 2.37 bits per heavy atom. The molecule has 0 aliphatic heterocycles. The molecule has 1 aliphatic carbocycles. The molecule has 38 heavy (non-hydrogen) atoms. The van der Waals surface area contributed by atoms with Gasteiger partial charge in [0.25, 0.3) is 0 Å². The first-order valence-electron chi connectivity index (χ1n) is 13.1. The van der Waals surface area contributed by atoms with Crippen molar-refractivity contribution in [3.63, 3.8) is 0 Å². The number of nitrogens with zero attached hydrogens (tertiary/aromatic N) is 2. The summed E-state index contributed by atoms with van der Waals surface area (Å²) >= 11 is 0. The predicted octanol–water partition coefficient (Wildman–Crippen LogP) is 5.04. The van der Waals surface area contributed by atoms with Crippen LogP contribution in [0.25, 0.3) is 0 Å². The highest BCUT2D eigenvalue weighted by atomic mass is 16.3. The maximum atomic E-state index is 13.8. The fourth-order valence-corrected chi connectivity index (χ4v) is 4.84. The summed E-state index contributed by atoms with van der Waals surface area (Å²) in [7, 11) is 0. The van der Waals surface area contributed by atoms with Crippen LogP contribution in [0.4, 0.5) is 11.5 Å². The summed E-state index contributed by atoms with van der Waals surface area (Å²) in [6, 6.07) is 18.3. The maximum absolute atomic E-state index is 13.8. The van der Waals surface area contributed by atoms with Crippen molar-refractivity contribution in [3.05, 3.63) is 84.1 Å². The van der Waals surface area contributed by atoms with Crippen molar-refractivity contribution in [1.82, 2.24) is 10.3 Å². The van der Waals surface area contributed by atoms with E-state index in [4.69, 9.17) is 0 Å². The molecule has 3 aromatic rings. The number of aryl methyl sites for hydroxylation is 1. The molecule has 8 heteroatoms. The number of phenols is 1. The zero-order valence-electron chi connectivity index (χ0n) is 21.6. The average Bonchev–Trinajstić information content (AvgIpc) is 3.42.